The van der Waals surface area contributed by atoms with Crippen molar-refractivity contribution in [2.75, 3.05) is 0 Å². The Morgan fingerprint density at radius 3 is 2.71 bits per heavy atom. The van der Waals surface area contributed by atoms with E-state index in [-0.39, 0.29) is 6.42 Å². The van der Waals surface area contributed by atoms with Crippen LogP contribution in [0.1, 0.15) is 18.1 Å². The highest BCUT2D eigenvalue weighted by molar-refractivity contribution is 9.10. The third-order valence-electron chi connectivity index (χ3n) is 1.69. The van der Waals surface area contributed by atoms with E-state index < -0.39 is 12.1 Å². The summed E-state index contributed by atoms with van der Waals surface area (Å²) in [4.78, 5) is 10.4. The Morgan fingerprint density at radius 1 is 1.57 bits per heavy atom. The van der Waals surface area contributed by atoms with Crippen LogP contribution in [0.25, 0.3) is 0 Å². The summed E-state index contributed by atoms with van der Waals surface area (Å²) >= 11 is 8.90. The van der Waals surface area contributed by atoms with Crippen LogP contribution in [-0.2, 0) is 4.79 Å². The van der Waals surface area contributed by atoms with Crippen molar-refractivity contribution in [1.29, 1.82) is 0 Å². The van der Waals surface area contributed by atoms with E-state index in [9.17, 15) is 9.90 Å². The lowest BCUT2D eigenvalue weighted by Crippen LogP contribution is -2.05. The minimum Gasteiger partial charge on any atom is -0.481 e. The third-order valence-corrected chi connectivity index (χ3v) is 2.61. The van der Waals surface area contributed by atoms with Crippen LogP contribution in [0.3, 0.4) is 0 Å². The minimum atomic E-state index is -1.04. The summed E-state index contributed by atoms with van der Waals surface area (Å²) in [6.07, 6.45) is -1.33. The van der Waals surface area contributed by atoms with Crippen LogP contribution >= 0.6 is 27.5 Å². The minimum absolute atomic E-state index is 0.319. The van der Waals surface area contributed by atoms with E-state index in [1.54, 1.807) is 18.2 Å². The molecule has 2 N–H and O–H groups in total. The second-order valence-corrected chi connectivity index (χ2v) is 4.07. The molecule has 1 atom stereocenters. The molecule has 0 aliphatic carbocycles. The van der Waals surface area contributed by atoms with Crippen LogP contribution in [0.15, 0.2) is 22.7 Å². The largest absolute Gasteiger partial charge is 0.481 e. The van der Waals surface area contributed by atoms with E-state index in [1.807, 2.05) is 0 Å². The van der Waals surface area contributed by atoms with Crippen molar-refractivity contribution in [3.05, 3.63) is 33.3 Å². The Bertz CT molecular complexity index is 354. The van der Waals surface area contributed by atoms with Crippen LogP contribution in [0.5, 0.6) is 0 Å². The number of aliphatic hydroxyl groups excluding tert-OH is 1. The van der Waals surface area contributed by atoms with Crippen molar-refractivity contribution >= 4 is 33.5 Å². The fourth-order valence-corrected chi connectivity index (χ4v) is 1.99. The molecule has 76 valence electrons. The quantitative estimate of drug-likeness (QED) is 0.894. The highest BCUT2D eigenvalue weighted by Gasteiger charge is 2.14. The molecule has 0 radical (unpaired) electrons. The predicted molar refractivity (Wildman–Crippen MR) is 56.4 cm³/mol. The van der Waals surface area contributed by atoms with Crippen LogP contribution in [0, 0.1) is 0 Å². The third kappa shape index (κ3) is 2.97. The molecule has 0 fully saturated rings. The Morgan fingerprint density at radius 2 is 2.21 bits per heavy atom. The van der Waals surface area contributed by atoms with Gasteiger partial charge in [0.25, 0.3) is 0 Å². The fraction of sp³-hybridized carbons (Fsp3) is 0.222. The van der Waals surface area contributed by atoms with Gasteiger partial charge in [0.1, 0.15) is 0 Å². The predicted octanol–water partition coefficient (Wildman–Crippen LogP) is 2.61. The number of hydrogen-bond acceptors (Lipinski definition) is 2. The number of halogens is 2. The van der Waals surface area contributed by atoms with Gasteiger partial charge < -0.3 is 10.2 Å². The van der Waals surface area contributed by atoms with Gasteiger partial charge >= 0.3 is 5.97 Å². The van der Waals surface area contributed by atoms with Gasteiger partial charge in [-0.1, -0.05) is 33.6 Å². The van der Waals surface area contributed by atoms with Crippen molar-refractivity contribution in [1.82, 2.24) is 0 Å². The molecule has 5 heteroatoms. The lowest BCUT2D eigenvalue weighted by Gasteiger charge is -2.10. The molecule has 14 heavy (non-hydrogen) atoms. The average molecular weight is 280 g/mol. The molecule has 0 saturated carbocycles. The molecule has 0 aliphatic rings. The van der Waals surface area contributed by atoms with E-state index in [2.05, 4.69) is 15.9 Å². The average Bonchev–Trinajstić information content (AvgIpc) is 2.01. The number of rotatable bonds is 3. The van der Waals surface area contributed by atoms with Gasteiger partial charge in [-0.05, 0) is 17.7 Å². The molecule has 0 heterocycles. The molecule has 0 bridgehead atoms. The van der Waals surface area contributed by atoms with Gasteiger partial charge in [0.15, 0.2) is 0 Å². The number of carboxylic acid groups (broad SMARTS) is 1. The zero-order valence-corrected chi connectivity index (χ0v) is 9.42. The molecule has 0 aromatic heterocycles. The monoisotopic (exact) mass is 278 g/mol. The molecular formula is C9H8BrClO3. The summed E-state index contributed by atoms with van der Waals surface area (Å²) in [7, 11) is 0. The Labute approximate surface area is 94.4 Å². The zero-order valence-electron chi connectivity index (χ0n) is 7.08. The van der Waals surface area contributed by atoms with Crippen molar-refractivity contribution in [3.63, 3.8) is 0 Å². The van der Waals surface area contributed by atoms with Crippen LogP contribution in [0.4, 0.5) is 0 Å². The molecule has 0 saturated heterocycles. The molecular weight excluding hydrogens is 271 g/mol. The van der Waals surface area contributed by atoms with E-state index in [0.717, 1.165) is 0 Å². The lowest BCUT2D eigenvalue weighted by atomic mass is 10.1. The molecule has 1 aromatic rings. The zero-order chi connectivity index (χ0) is 10.7. The Balaban J connectivity index is 2.90. The summed E-state index contributed by atoms with van der Waals surface area (Å²) in [5, 5.41) is 18.5. The maximum Gasteiger partial charge on any atom is 0.306 e. The molecule has 0 spiro atoms. The number of aliphatic hydroxyl groups is 1. The summed E-state index contributed by atoms with van der Waals surface area (Å²) in [5.41, 5.74) is 0.525. The maximum atomic E-state index is 10.4. The molecule has 1 unspecified atom stereocenters. The van der Waals surface area contributed by atoms with E-state index in [4.69, 9.17) is 16.7 Å². The van der Waals surface area contributed by atoms with Crippen LogP contribution in [0.2, 0.25) is 5.02 Å². The topological polar surface area (TPSA) is 57.5 Å². The van der Waals surface area contributed by atoms with Crippen molar-refractivity contribution < 1.29 is 15.0 Å². The van der Waals surface area contributed by atoms with Gasteiger partial charge in [-0.3, -0.25) is 4.79 Å². The SMILES string of the molecule is O=C(O)CC(O)c1ccc(Cl)cc1Br. The number of hydrogen-bond donors (Lipinski definition) is 2. The fourth-order valence-electron chi connectivity index (χ4n) is 1.05. The first-order valence-electron chi connectivity index (χ1n) is 3.85. The molecule has 3 nitrogen and oxygen atoms in total. The summed E-state index contributed by atoms with van der Waals surface area (Å²) in [6, 6.07) is 4.81. The second-order valence-electron chi connectivity index (χ2n) is 2.78. The number of carbonyl (C=O) groups is 1. The number of benzene rings is 1. The summed E-state index contributed by atoms with van der Waals surface area (Å²) in [6.45, 7) is 0. The second kappa shape index (κ2) is 4.77. The standard InChI is InChI=1S/C9H8BrClO3/c10-7-3-5(11)1-2-6(7)8(12)4-9(13)14/h1-3,8,12H,4H2,(H,13,14). The van der Waals surface area contributed by atoms with Gasteiger partial charge in [0.05, 0.1) is 12.5 Å². The van der Waals surface area contributed by atoms with Crippen LogP contribution < -0.4 is 0 Å². The van der Waals surface area contributed by atoms with Crippen LogP contribution in [-0.4, -0.2) is 16.2 Å². The van der Waals surface area contributed by atoms with Crippen molar-refractivity contribution in [2.45, 2.75) is 12.5 Å². The van der Waals surface area contributed by atoms with Gasteiger partial charge in [0, 0.05) is 9.50 Å². The van der Waals surface area contributed by atoms with E-state index in [1.165, 1.54) is 0 Å². The first kappa shape index (κ1) is 11.5. The molecule has 1 rings (SSSR count). The van der Waals surface area contributed by atoms with Crippen molar-refractivity contribution in [2.24, 2.45) is 0 Å². The normalized spacial score (nSPS) is 12.5. The number of carboxylic acids is 1. The highest BCUT2D eigenvalue weighted by Crippen LogP contribution is 2.28. The van der Waals surface area contributed by atoms with E-state index in [0.29, 0.717) is 15.1 Å². The van der Waals surface area contributed by atoms with Gasteiger partial charge in [-0.25, -0.2) is 0 Å². The van der Waals surface area contributed by atoms with E-state index >= 15 is 0 Å². The number of aliphatic carboxylic acids is 1. The van der Waals surface area contributed by atoms with Gasteiger partial charge in [-0.15, -0.1) is 0 Å². The van der Waals surface area contributed by atoms with Gasteiger partial charge in [0.2, 0.25) is 0 Å². The van der Waals surface area contributed by atoms with Gasteiger partial charge in [-0.2, -0.15) is 0 Å². The first-order chi connectivity index (χ1) is 6.50. The highest BCUT2D eigenvalue weighted by atomic mass is 79.9. The smallest absolute Gasteiger partial charge is 0.306 e. The maximum absolute atomic E-state index is 10.4. The molecule has 0 aliphatic heterocycles. The Kier molecular flexibility index (Phi) is 3.92. The summed E-state index contributed by atoms with van der Waals surface area (Å²) < 4.78 is 0.610. The molecule has 0 amide bonds. The van der Waals surface area contributed by atoms with Crippen molar-refractivity contribution in [3.8, 4) is 0 Å². The first-order valence-corrected chi connectivity index (χ1v) is 5.02. The lowest BCUT2D eigenvalue weighted by molar-refractivity contribution is -0.139. The summed E-state index contributed by atoms with van der Waals surface area (Å²) in [5.74, 6) is -1.04. The molecule has 1 aromatic carbocycles. The Hall–Kier alpha value is -0.580.